The zero-order valence-electron chi connectivity index (χ0n) is 19.7. The van der Waals surface area contributed by atoms with Gasteiger partial charge in [0.25, 0.3) is 5.91 Å². The van der Waals surface area contributed by atoms with E-state index < -0.39 is 0 Å². The molecule has 2 fully saturated rings. The molecule has 4 nitrogen and oxygen atoms in total. The summed E-state index contributed by atoms with van der Waals surface area (Å²) in [6.07, 6.45) is 16.3. The van der Waals surface area contributed by atoms with Crippen LogP contribution in [0.4, 0.5) is 0 Å². The first-order valence-electron chi connectivity index (χ1n) is 12.9. The van der Waals surface area contributed by atoms with Crippen LogP contribution in [0.25, 0.3) is 0 Å². The van der Waals surface area contributed by atoms with E-state index in [9.17, 15) is 9.59 Å². The van der Waals surface area contributed by atoms with Crippen molar-refractivity contribution in [3.8, 4) is 0 Å². The van der Waals surface area contributed by atoms with Crippen LogP contribution in [-0.4, -0.2) is 41.5 Å². The van der Waals surface area contributed by atoms with Crippen molar-refractivity contribution in [1.82, 2.24) is 10.2 Å². The molecule has 0 radical (unpaired) electrons. The lowest BCUT2D eigenvalue weighted by atomic mass is 9.54. The number of rotatable bonds is 14. The fourth-order valence-electron chi connectivity index (χ4n) is 5.78. The van der Waals surface area contributed by atoms with Crippen molar-refractivity contribution in [2.45, 2.75) is 107 Å². The highest BCUT2D eigenvalue weighted by atomic mass is 32.2. The summed E-state index contributed by atoms with van der Waals surface area (Å²) < 4.78 is 0. The van der Waals surface area contributed by atoms with Crippen molar-refractivity contribution in [2.75, 3.05) is 12.3 Å². The van der Waals surface area contributed by atoms with E-state index in [1.165, 1.54) is 75.6 Å². The number of amides is 1. The molecule has 0 saturated heterocycles. The lowest BCUT2D eigenvalue weighted by molar-refractivity contribution is -0.112. The summed E-state index contributed by atoms with van der Waals surface area (Å²) in [7, 11) is 0. The predicted molar refractivity (Wildman–Crippen MR) is 132 cm³/mol. The van der Waals surface area contributed by atoms with Gasteiger partial charge in [0.1, 0.15) is 6.29 Å². The molecule has 32 heavy (non-hydrogen) atoms. The number of unbranched alkanes of at least 4 members (excludes halogenated alkanes) is 4. The van der Waals surface area contributed by atoms with Gasteiger partial charge in [0.05, 0.1) is 6.04 Å². The molecule has 1 unspecified atom stereocenters. The number of carbonyl (C=O) groups excluding carboxylic acids is 2. The van der Waals surface area contributed by atoms with E-state index in [0.29, 0.717) is 6.54 Å². The molecule has 1 aromatic rings. The maximum atomic E-state index is 12.8. The first-order chi connectivity index (χ1) is 15.7. The van der Waals surface area contributed by atoms with Crippen LogP contribution in [0.2, 0.25) is 0 Å². The maximum Gasteiger partial charge on any atom is 0.255 e. The Hall–Kier alpha value is -1.33. The minimum atomic E-state index is -0.296. The SMILES string of the molecule is CCCC(C=O)N1Cc2c(SCCCCCCCNC3CC4(CCC4)C3)cccc2C1=O. The number of fused-ring (bicyclic) bond motifs is 1. The molecule has 0 aromatic heterocycles. The van der Waals surface area contributed by atoms with Gasteiger partial charge in [0, 0.05) is 23.0 Å². The molecule has 4 rings (SSSR count). The number of nitrogens with one attached hydrogen (secondary N) is 1. The van der Waals surface area contributed by atoms with Gasteiger partial charge in [-0.2, -0.15) is 0 Å². The number of benzene rings is 1. The lowest BCUT2D eigenvalue weighted by Gasteiger charge is -2.54. The second kappa shape index (κ2) is 11.2. The first kappa shape index (κ1) is 23.8. The van der Waals surface area contributed by atoms with E-state index in [-0.39, 0.29) is 11.9 Å². The van der Waals surface area contributed by atoms with Crippen molar-refractivity contribution in [1.29, 1.82) is 0 Å². The topological polar surface area (TPSA) is 49.4 Å². The van der Waals surface area contributed by atoms with Crippen LogP contribution in [-0.2, 0) is 11.3 Å². The van der Waals surface area contributed by atoms with Crippen molar-refractivity contribution >= 4 is 24.0 Å². The molecule has 1 amide bonds. The summed E-state index contributed by atoms with van der Waals surface area (Å²) in [4.78, 5) is 27.3. The Labute approximate surface area is 198 Å². The summed E-state index contributed by atoms with van der Waals surface area (Å²) in [5.41, 5.74) is 2.70. The van der Waals surface area contributed by atoms with E-state index in [1.54, 1.807) is 4.90 Å². The summed E-state index contributed by atoms with van der Waals surface area (Å²) in [5, 5.41) is 3.76. The van der Waals surface area contributed by atoms with Gasteiger partial charge in [-0.1, -0.05) is 45.1 Å². The quantitative estimate of drug-likeness (QED) is 0.213. The van der Waals surface area contributed by atoms with Gasteiger partial charge in [-0.05, 0) is 80.4 Å². The Balaban J connectivity index is 1.10. The Morgan fingerprint density at radius 3 is 2.69 bits per heavy atom. The number of hydrogen-bond donors (Lipinski definition) is 1. The summed E-state index contributed by atoms with van der Waals surface area (Å²) in [5.74, 6) is 1.12. The van der Waals surface area contributed by atoms with E-state index in [4.69, 9.17) is 0 Å². The molecule has 1 atom stereocenters. The van der Waals surface area contributed by atoms with Gasteiger partial charge in [-0.25, -0.2) is 0 Å². The lowest BCUT2D eigenvalue weighted by Crippen LogP contribution is -2.52. The monoisotopic (exact) mass is 456 g/mol. The van der Waals surface area contributed by atoms with Crippen LogP contribution >= 0.6 is 11.8 Å². The van der Waals surface area contributed by atoms with Crippen LogP contribution in [0.3, 0.4) is 0 Å². The molecule has 2 aliphatic carbocycles. The summed E-state index contributed by atoms with van der Waals surface area (Å²) in [6.45, 7) is 3.83. The van der Waals surface area contributed by atoms with Crippen LogP contribution in [0.1, 0.15) is 99.9 Å². The second-order valence-corrected chi connectivity index (χ2v) is 11.4. The summed E-state index contributed by atoms with van der Waals surface area (Å²) >= 11 is 1.87. The maximum absolute atomic E-state index is 12.8. The molecule has 1 spiro atoms. The molecule has 5 heteroatoms. The largest absolute Gasteiger partial charge is 0.324 e. The van der Waals surface area contributed by atoms with E-state index in [1.807, 2.05) is 23.9 Å². The third-order valence-electron chi connectivity index (χ3n) is 7.88. The first-order valence-corrected chi connectivity index (χ1v) is 13.9. The highest BCUT2D eigenvalue weighted by Crippen LogP contribution is 2.55. The third-order valence-corrected chi connectivity index (χ3v) is 9.07. The summed E-state index contributed by atoms with van der Waals surface area (Å²) in [6, 6.07) is 6.55. The number of hydrogen-bond acceptors (Lipinski definition) is 4. The Bertz CT molecular complexity index is 784. The highest BCUT2D eigenvalue weighted by molar-refractivity contribution is 7.99. The van der Waals surface area contributed by atoms with Crippen LogP contribution in [0.5, 0.6) is 0 Å². The zero-order chi connectivity index (χ0) is 22.4. The molecule has 2 saturated carbocycles. The minimum absolute atomic E-state index is 0.0198. The number of aldehydes is 1. The van der Waals surface area contributed by atoms with Gasteiger partial charge < -0.3 is 15.0 Å². The van der Waals surface area contributed by atoms with Gasteiger partial charge in [0.2, 0.25) is 0 Å². The molecule has 1 aliphatic heterocycles. The van der Waals surface area contributed by atoms with Gasteiger partial charge >= 0.3 is 0 Å². The predicted octanol–water partition coefficient (Wildman–Crippen LogP) is 5.97. The normalized spacial score (nSPS) is 20.2. The molecule has 1 heterocycles. The minimum Gasteiger partial charge on any atom is -0.324 e. The Morgan fingerprint density at radius 1 is 1.19 bits per heavy atom. The molecule has 176 valence electrons. The average Bonchev–Trinajstić information content (AvgIpc) is 3.08. The van der Waals surface area contributed by atoms with E-state index >= 15 is 0 Å². The van der Waals surface area contributed by atoms with Crippen LogP contribution in [0, 0.1) is 5.41 Å². The molecular formula is C27H40N2O2S. The van der Waals surface area contributed by atoms with Crippen molar-refractivity contribution in [3.63, 3.8) is 0 Å². The number of thioether (sulfide) groups is 1. The van der Waals surface area contributed by atoms with Gasteiger partial charge in [-0.15, -0.1) is 11.8 Å². The fraction of sp³-hybridized carbons (Fsp3) is 0.704. The standard InChI is InChI=1S/C27H40N2O2S/c1-2-10-22(20-30)29-19-24-23(26(29)31)11-8-12-25(24)32-16-7-5-3-4-6-15-28-21-17-27(18-21)13-9-14-27/h8,11-12,20-22,28H,2-7,9-10,13-19H2,1H3. The van der Waals surface area contributed by atoms with Crippen molar-refractivity contribution < 1.29 is 9.59 Å². The average molecular weight is 457 g/mol. The number of nitrogens with zero attached hydrogens (tertiary/aromatic N) is 1. The highest BCUT2D eigenvalue weighted by Gasteiger charge is 2.47. The molecule has 1 aromatic carbocycles. The Kier molecular flexibility index (Phi) is 8.33. The third kappa shape index (κ3) is 5.41. The molecular weight excluding hydrogens is 416 g/mol. The zero-order valence-corrected chi connectivity index (χ0v) is 20.6. The van der Waals surface area contributed by atoms with Gasteiger partial charge in [-0.3, -0.25) is 4.79 Å². The molecule has 3 aliphatic rings. The van der Waals surface area contributed by atoms with Crippen molar-refractivity contribution in [2.24, 2.45) is 5.41 Å². The molecule has 0 bridgehead atoms. The second-order valence-electron chi connectivity index (χ2n) is 10.2. The van der Waals surface area contributed by atoms with Crippen LogP contribution < -0.4 is 5.32 Å². The van der Waals surface area contributed by atoms with Gasteiger partial charge in [0.15, 0.2) is 0 Å². The smallest absolute Gasteiger partial charge is 0.255 e. The van der Waals surface area contributed by atoms with E-state index in [2.05, 4.69) is 18.3 Å². The fourth-order valence-corrected chi connectivity index (χ4v) is 6.87. The van der Waals surface area contributed by atoms with Crippen LogP contribution in [0.15, 0.2) is 23.1 Å². The van der Waals surface area contributed by atoms with E-state index in [0.717, 1.165) is 47.5 Å². The van der Waals surface area contributed by atoms with Crippen molar-refractivity contribution in [3.05, 3.63) is 29.3 Å². The molecule has 1 N–H and O–H groups in total. The number of carbonyl (C=O) groups is 2. The Morgan fingerprint density at radius 2 is 1.97 bits per heavy atom.